The van der Waals surface area contributed by atoms with E-state index < -0.39 is 0 Å². The van der Waals surface area contributed by atoms with Gasteiger partial charge in [0, 0.05) is 31.1 Å². The van der Waals surface area contributed by atoms with Crippen molar-refractivity contribution < 1.29 is 9.59 Å². The number of nitrogens with zero attached hydrogens (tertiary/aromatic N) is 1. The number of nitrogens with two attached hydrogens (primary N) is 1. The molecule has 0 bridgehead atoms. The van der Waals surface area contributed by atoms with Gasteiger partial charge in [0.2, 0.25) is 11.8 Å². The molecule has 0 spiro atoms. The number of carbonyl (C=O) groups is 2. The maximum Gasteiger partial charge on any atom is 0.225 e. The van der Waals surface area contributed by atoms with Gasteiger partial charge in [-0.25, -0.2) is 0 Å². The molecule has 134 valence electrons. The molecule has 23 heavy (non-hydrogen) atoms. The Kier molecular flexibility index (Phi) is 7.33. The Hall–Kier alpha value is -0.810. The van der Waals surface area contributed by atoms with E-state index in [0.29, 0.717) is 31.5 Å². The zero-order valence-electron chi connectivity index (χ0n) is 14.6. The summed E-state index contributed by atoms with van der Waals surface area (Å²) in [6.45, 7) is 7.25. The quantitative estimate of drug-likeness (QED) is 0.773. The second-order valence-electron chi connectivity index (χ2n) is 7.74. The van der Waals surface area contributed by atoms with Gasteiger partial charge in [0.15, 0.2) is 0 Å². The summed E-state index contributed by atoms with van der Waals surface area (Å²) >= 11 is 0. The highest BCUT2D eigenvalue weighted by atomic mass is 35.5. The molecule has 2 fully saturated rings. The van der Waals surface area contributed by atoms with Crippen molar-refractivity contribution in [1.82, 2.24) is 10.2 Å². The van der Waals surface area contributed by atoms with E-state index in [4.69, 9.17) is 5.73 Å². The molecule has 2 atom stereocenters. The number of hydrogen-bond acceptors (Lipinski definition) is 3. The van der Waals surface area contributed by atoms with Gasteiger partial charge in [0.05, 0.1) is 5.92 Å². The van der Waals surface area contributed by atoms with Crippen LogP contribution in [0, 0.1) is 11.8 Å². The summed E-state index contributed by atoms with van der Waals surface area (Å²) in [5.74, 6) is 0.382. The van der Waals surface area contributed by atoms with Crippen LogP contribution in [0.25, 0.3) is 0 Å². The molecule has 3 N–H and O–H groups in total. The summed E-state index contributed by atoms with van der Waals surface area (Å²) in [7, 11) is 0. The minimum absolute atomic E-state index is 0. The Morgan fingerprint density at radius 1 is 1.39 bits per heavy atom. The minimum atomic E-state index is -0.380. The maximum absolute atomic E-state index is 12.6. The van der Waals surface area contributed by atoms with Crippen molar-refractivity contribution >= 4 is 24.2 Å². The lowest BCUT2D eigenvalue weighted by atomic mass is 9.90. The highest BCUT2D eigenvalue weighted by Crippen LogP contribution is 2.30. The van der Waals surface area contributed by atoms with Gasteiger partial charge >= 0.3 is 0 Å². The summed E-state index contributed by atoms with van der Waals surface area (Å²) in [5.41, 5.74) is 5.48. The van der Waals surface area contributed by atoms with Gasteiger partial charge < -0.3 is 16.0 Å². The van der Waals surface area contributed by atoms with E-state index in [1.165, 1.54) is 12.8 Å². The van der Waals surface area contributed by atoms with E-state index in [-0.39, 0.29) is 35.7 Å². The smallest absolute Gasteiger partial charge is 0.225 e. The molecular formula is C17H32ClN3O2. The van der Waals surface area contributed by atoms with Gasteiger partial charge in [-0.05, 0) is 32.1 Å². The first-order valence-corrected chi connectivity index (χ1v) is 8.66. The fourth-order valence-electron chi connectivity index (χ4n) is 3.96. The molecule has 2 aliphatic rings. The van der Waals surface area contributed by atoms with Crippen molar-refractivity contribution in [1.29, 1.82) is 0 Å². The van der Waals surface area contributed by atoms with Crippen LogP contribution in [0.2, 0.25) is 0 Å². The Balaban J connectivity index is 0.00000264. The SMILES string of the molecule is CC(C)CC(C)(CN)NC(=O)C1CC(=O)N(C2CCCC2)C1.Cl. The first-order chi connectivity index (χ1) is 10.3. The number of amides is 2. The first-order valence-electron chi connectivity index (χ1n) is 8.66. The molecule has 1 saturated carbocycles. The van der Waals surface area contributed by atoms with E-state index in [0.717, 1.165) is 19.3 Å². The standard InChI is InChI=1S/C17H31N3O2.ClH/c1-12(2)9-17(3,11-18)19-16(22)13-8-15(21)20(10-13)14-6-4-5-7-14;/h12-14H,4-11,18H2,1-3H3,(H,19,22);1H. The van der Waals surface area contributed by atoms with Gasteiger partial charge in [0.1, 0.15) is 0 Å². The molecule has 0 aromatic rings. The van der Waals surface area contributed by atoms with Crippen LogP contribution in [0.4, 0.5) is 0 Å². The van der Waals surface area contributed by atoms with Crippen LogP contribution in [-0.4, -0.2) is 41.4 Å². The fourth-order valence-corrected chi connectivity index (χ4v) is 3.96. The molecule has 0 radical (unpaired) electrons. The molecule has 2 rings (SSSR count). The van der Waals surface area contributed by atoms with Crippen LogP contribution in [0.5, 0.6) is 0 Å². The van der Waals surface area contributed by atoms with Crippen molar-refractivity contribution in [3.63, 3.8) is 0 Å². The second-order valence-corrected chi connectivity index (χ2v) is 7.74. The van der Waals surface area contributed by atoms with Crippen molar-refractivity contribution in [2.75, 3.05) is 13.1 Å². The molecule has 0 aromatic carbocycles. The van der Waals surface area contributed by atoms with Crippen molar-refractivity contribution in [3.8, 4) is 0 Å². The molecule has 2 unspecified atom stereocenters. The molecule has 5 nitrogen and oxygen atoms in total. The predicted octanol–water partition coefficient (Wildman–Crippen LogP) is 2.08. The van der Waals surface area contributed by atoms with E-state index >= 15 is 0 Å². The topological polar surface area (TPSA) is 75.4 Å². The summed E-state index contributed by atoms with van der Waals surface area (Å²) in [5, 5.41) is 3.11. The van der Waals surface area contributed by atoms with E-state index in [2.05, 4.69) is 19.2 Å². The molecule has 1 saturated heterocycles. The molecule has 1 heterocycles. The van der Waals surface area contributed by atoms with Crippen molar-refractivity contribution in [2.45, 2.75) is 70.9 Å². The summed E-state index contributed by atoms with van der Waals surface area (Å²) in [4.78, 5) is 26.7. The largest absolute Gasteiger partial charge is 0.349 e. The monoisotopic (exact) mass is 345 g/mol. The Bertz CT molecular complexity index is 424. The van der Waals surface area contributed by atoms with Gasteiger partial charge in [-0.1, -0.05) is 26.7 Å². The van der Waals surface area contributed by atoms with Gasteiger partial charge in [0.25, 0.3) is 0 Å². The lowest BCUT2D eigenvalue weighted by Gasteiger charge is -2.32. The van der Waals surface area contributed by atoms with Gasteiger partial charge in [-0.15, -0.1) is 12.4 Å². The van der Waals surface area contributed by atoms with Crippen molar-refractivity contribution in [3.05, 3.63) is 0 Å². The van der Waals surface area contributed by atoms with Gasteiger partial charge in [-0.3, -0.25) is 9.59 Å². The lowest BCUT2D eigenvalue weighted by molar-refractivity contribution is -0.130. The second kappa shape index (κ2) is 8.34. The third kappa shape index (κ3) is 5.08. The van der Waals surface area contributed by atoms with Crippen LogP contribution < -0.4 is 11.1 Å². The Labute approximate surface area is 146 Å². The van der Waals surface area contributed by atoms with Crippen LogP contribution in [0.1, 0.15) is 59.3 Å². The Morgan fingerprint density at radius 2 is 2.00 bits per heavy atom. The maximum atomic E-state index is 12.6. The number of likely N-dealkylation sites (tertiary alicyclic amines) is 1. The van der Waals surface area contributed by atoms with E-state index in [1.807, 2.05) is 11.8 Å². The average molecular weight is 346 g/mol. The number of nitrogens with one attached hydrogen (secondary N) is 1. The van der Waals surface area contributed by atoms with E-state index in [1.54, 1.807) is 0 Å². The molecule has 1 aliphatic heterocycles. The first kappa shape index (κ1) is 20.2. The third-order valence-electron chi connectivity index (χ3n) is 5.03. The minimum Gasteiger partial charge on any atom is -0.349 e. The van der Waals surface area contributed by atoms with Crippen LogP contribution >= 0.6 is 12.4 Å². The summed E-state index contributed by atoms with van der Waals surface area (Å²) in [6.07, 6.45) is 5.78. The summed E-state index contributed by atoms with van der Waals surface area (Å²) < 4.78 is 0. The highest BCUT2D eigenvalue weighted by Gasteiger charge is 2.40. The number of rotatable bonds is 6. The van der Waals surface area contributed by atoms with Crippen LogP contribution in [0.3, 0.4) is 0 Å². The van der Waals surface area contributed by atoms with Crippen LogP contribution in [-0.2, 0) is 9.59 Å². The van der Waals surface area contributed by atoms with Gasteiger partial charge in [-0.2, -0.15) is 0 Å². The third-order valence-corrected chi connectivity index (χ3v) is 5.03. The van der Waals surface area contributed by atoms with Crippen LogP contribution in [0.15, 0.2) is 0 Å². The normalized spacial score (nSPS) is 24.7. The molecule has 6 heteroatoms. The number of carbonyl (C=O) groups excluding carboxylic acids is 2. The molecule has 0 aromatic heterocycles. The number of halogens is 1. The Morgan fingerprint density at radius 3 is 2.52 bits per heavy atom. The van der Waals surface area contributed by atoms with E-state index in [9.17, 15) is 9.59 Å². The zero-order chi connectivity index (χ0) is 16.3. The molecular weight excluding hydrogens is 314 g/mol. The highest BCUT2D eigenvalue weighted by molar-refractivity contribution is 5.89. The lowest BCUT2D eigenvalue weighted by Crippen LogP contribution is -2.54. The predicted molar refractivity (Wildman–Crippen MR) is 94.4 cm³/mol. The number of hydrogen-bond donors (Lipinski definition) is 2. The average Bonchev–Trinajstić information content (AvgIpc) is 3.06. The fraction of sp³-hybridized carbons (Fsp3) is 0.882. The molecule has 2 amide bonds. The zero-order valence-corrected chi connectivity index (χ0v) is 15.5. The summed E-state index contributed by atoms with van der Waals surface area (Å²) in [6, 6.07) is 0.363. The molecule has 1 aliphatic carbocycles. The van der Waals surface area contributed by atoms with Crippen molar-refractivity contribution in [2.24, 2.45) is 17.6 Å².